The highest BCUT2D eigenvalue weighted by atomic mass is 16.6. The van der Waals surface area contributed by atoms with Crippen molar-refractivity contribution in [2.75, 3.05) is 20.3 Å². The van der Waals surface area contributed by atoms with Crippen LogP contribution in [0.1, 0.15) is 26.3 Å². The third-order valence-electron chi connectivity index (χ3n) is 3.80. The van der Waals surface area contributed by atoms with Gasteiger partial charge < -0.3 is 18.9 Å². The maximum atomic E-state index is 12.4. The molecule has 0 amide bonds. The largest absolute Gasteiger partial charge is 0.486 e. The van der Waals surface area contributed by atoms with Gasteiger partial charge >= 0.3 is 11.9 Å². The van der Waals surface area contributed by atoms with Crippen LogP contribution < -0.4 is 9.47 Å². The van der Waals surface area contributed by atoms with E-state index in [1.54, 1.807) is 18.2 Å². The van der Waals surface area contributed by atoms with Gasteiger partial charge in [0.15, 0.2) is 11.5 Å². The second-order valence-corrected chi connectivity index (χ2v) is 5.54. The first-order chi connectivity index (χ1) is 13.0. The van der Waals surface area contributed by atoms with Crippen LogP contribution in [0.3, 0.4) is 0 Å². The number of carbonyl (C=O) groups is 2. The molecule has 0 bridgehead atoms. The van der Waals surface area contributed by atoms with Crippen LogP contribution in [0.5, 0.6) is 11.5 Å². The Kier molecular flexibility index (Phi) is 5.20. The summed E-state index contributed by atoms with van der Waals surface area (Å²) in [6.07, 6.45) is 0. The van der Waals surface area contributed by atoms with Crippen LogP contribution in [0.2, 0.25) is 0 Å². The summed E-state index contributed by atoms with van der Waals surface area (Å²) in [5, 5.41) is 11.3. The van der Waals surface area contributed by atoms with Crippen molar-refractivity contribution < 1.29 is 33.5 Å². The Morgan fingerprint density at radius 3 is 2.48 bits per heavy atom. The van der Waals surface area contributed by atoms with Gasteiger partial charge in [-0.3, -0.25) is 10.1 Å². The molecule has 0 atom stereocenters. The molecule has 0 saturated heterocycles. The summed E-state index contributed by atoms with van der Waals surface area (Å²) in [7, 11) is 1.26. The molecule has 0 aromatic heterocycles. The average molecular weight is 373 g/mol. The molecule has 0 fully saturated rings. The van der Waals surface area contributed by atoms with Crippen LogP contribution in [0.25, 0.3) is 0 Å². The third-order valence-corrected chi connectivity index (χ3v) is 3.80. The number of methoxy groups -OCH3 is 1. The standard InChI is InChI=1S/C18H15NO8/c1-24-17(20)12-4-2-3-11(7-12)10-27-18(21)13-8-15-16(26-6-5-25-15)9-14(13)19(22)23/h2-4,7-9H,5-6,10H2,1H3. The smallest absolute Gasteiger partial charge is 0.345 e. The van der Waals surface area contributed by atoms with Crippen LogP contribution in [0, 0.1) is 10.1 Å². The number of fused-ring (bicyclic) bond motifs is 1. The van der Waals surface area contributed by atoms with E-state index in [0.29, 0.717) is 11.1 Å². The number of nitro benzene ring substituents is 1. The zero-order chi connectivity index (χ0) is 19.4. The fourth-order valence-corrected chi connectivity index (χ4v) is 2.53. The normalized spacial score (nSPS) is 12.2. The molecule has 1 aliphatic heterocycles. The SMILES string of the molecule is COC(=O)c1cccc(COC(=O)c2cc3c(cc2[N+](=O)[O-])OCCO3)c1. The van der Waals surface area contributed by atoms with Crippen LogP contribution in [-0.2, 0) is 16.1 Å². The Labute approximate surface area is 153 Å². The van der Waals surface area contributed by atoms with E-state index < -0.39 is 22.5 Å². The molecule has 9 heteroatoms. The summed E-state index contributed by atoms with van der Waals surface area (Å²) >= 11 is 0. The highest BCUT2D eigenvalue weighted by Gasteiger charge is 2.27. The van der Waals surface area contributed by atoms with Gasteiger partial charge in [-0.05, 0) is 17.7 Å². The molecule has 0 spiro atoms. The Hall–Kier alpha value is -3.62. The van der Waals surface area contributed by atoms with E-state index in [1.807, 2.05) is 0 Å². The molecular formula is C18H15NO8. The van der Waals surface area contributed by atoms with Crippen LogP contribution in [0.15, 0.2) is 36.4 Å². The van der Waals surface area contributed by atoms with Crippen LogP contribution >= 0.6 is 0 Å². The van der Waals surface area contributed by atoms with E-state index in [1.165, 1.54) is 19.2 Å². The molecule has 0 saturated carbocycles. The van der Waals surface area contributed by atoms with Gasteiger partial charge in [0.25, 0.3) is 5.69 Å². The summed E-state index contributed by atoms with van der Waals surface area (Å²) in [6.45, 7) is 0.374. The first kappa shape index (κ1) is 18.2. The topological polar surface area (TPSA) is 114 Å². The van der Waals surface area contributed by atoms with Gasteiger partial charge in [-0.15, -0.1) is 0 Å². The van der Waals surface area contributed by atoms with E-state index in [4.69, 9.17) is 14.2 Å². The average Bonchev–Trinajstić information content (AvgIpc) is 2.70. The summed E-state index contributed by atoms with van der Waals surface area (Å²) in [4.78, 5) is 34.5. The first-order valence-corrected chi connectivity index (χ1v) is 7.92. The highest BCUT2D eigenvalue weighted by Crippen LogP contribution is 2.36. The monoisotopic (exact) mass is 373 g/mol. The second kappa shape index (κ2) is 7.73. The summed E-state index contributed by atoms with van der Waals surface area (Å²) < 4.78 is 20.5. The molecular weight excluding hydrogens is 358 g/mol. The third kappa shape index (κ3) is 3.97. The van der Waals surface area contributed by atoms with Gasteiger partial charge in [0.2, 0.25) is 0 Å². The minimum absolute atomic E-state index is 0.171. The Balaban J connectivity index is 1.80. The number of rotatable bonds is 5. The zero-order valence-electron chi connectivity index (χ0n) is 14.3. The Morgan fingerprint density at radius 1 is 1.11 bits per heavy atom. The van der Waals surface area contributed by atoms with Crippen LogP contribution in [-0.4, -0.2) is 37.2 Å². The molecule has 9 nitrogen and oxygen atoms in total. The molecule has 140 valence electrons. The predicted molar refractivity (Wildman–Crippen MR) is 91.0 cm³/mol. The molecule has 2 aromatic carbocycles. The molecule has 0 N–H and O–H groups in total. The molecule has 1 heterocycles. The fourth-order valence-electron chi connectivity index (χ4n) is 2.53. The molecule has 27 heavy (non-hydrogen) atoms. The zero-order valence-corrected chi connectivity index (χ0v) is 14.3. The molecule has 0 unspecified atom stereocenters. The summed E-state index contributed by atoms with van der Waals surface area (Å²) in [5.41, 5.74) is 0.156. The number of benzene rings is 2. The lowest BCUT2D eigenvalue weighted by molar-refractivity contribution is -0.385. The lowest BCUT2D eigenvalue weighted by Gasteiger charge is -2.18. The van der Waals surface area contributed by atoms with E-state index in [-0.39, 0.29) is 36.9 Å². The fraction of sp³-hybridized carbons (Fsp3) is 0.222. The Morgan fingerprint density at radius 2 is 1.81 bits per heavy atom. The molecule has 3 rings (SSSR count). The molecule has 2 aromatic rings. The number of carbonyl (C=O) groups excluding carboxylic acids is 2. The summed E-state index contributed by atoms with van der Waals surface area (Å²) in [6, 6.07) is 8.71. The minimum atomic E-state index is -0.887. The number of nitro groups is 1. The minimum Gasteiger partial charge on any atom is -0.486 e. The van der Waals surface area contributed by atoms with E-state index in [0.717, 1.165) is 6.07 Å². The van der Waals surface area contributed by atoms with E-state index in [9.17, 15) is 19.7 Å². The molecule has 0 radical (unpaired) electrons. The van der Waals surface area contributed by atoms with Gasteiger partial charge in [-0.2, -0.15) is 0 Å². The van der Waals surface area contributed by atoms with Crippen molar-refractivity contribution in [1.29, 1.82) is 0 Å². The lowest BCUT2D eigenvalue weighted by Crippen LogP contribution is -2.17. The van der Waals surface area contributed by atoms with Gasteiger partial charge in [0.1, 0.15) is 25.4 Å². The number of hydrogen-bond acceptors (Lipinski definition) is 8. The molecule has 1 aliphatic rings. The predicted octanol–water partition coefficient (Wildman–Crippen LogP) is 2.51. The van der Waals surface area contributed by atoms with Crippen LogP contribution in [0.4, 0.5) is 5.69 Å². The van der Waals surface area contributed by atoms with Crippen molar-refractivity contribution in [1.82, 2.24) is 0 Å². The maximum Gasteiger partial charge on any atom is 0.345 e. The first-order valence-electron chi connectivity index (χ1n) is 7.92. The van der Waals surface area contributed by atoms with Crippen molar-refractivity contribution >= 4 is 17.6 Å². The van der Waals surface area contributed by atoms with Gasteiger partial charge in [-0.1, -0.05) is 12.1 Å². The quantitative estimate of drug-likeness (QED) is 0.446. The summed E-state index contributed by atoms with van der Waals surface area (Å²) in [5.74, 6) is -0.963. The lowest BCUT2D eigenvalue weighted by atomic mass is 10.1. The van der Waals surface area contributed by atoms with Crippen molar-refractivity contribution in [3.63, 3.8) is 0 Å². The number of hydrogen-bond donors (Lipinski definition) is 0. The number of nitrogens with zero attached hydrogens (tertiary/aromatic N) is 1. The van der Waals surface area contributed by atoms with Crippen molar-refractivity contribution in [3.05, 3.63) is 63.2 Å². The van der Waals surface area contributed by atoms with Gasteiger partial charge in [0, 0.05) is 6.07 Å². The molecule has 0 aliphatic carbocycles. The number of ether oxygens (including phenoxy) is 4. The van der Waals surface area contributed by atoms with Gasteiger partial charge in [0.05, 0.1) is 23.7 Å². The van der Waals surface area contributed by atoms with Gasteiger partial charge in [-0.25, -0.2) is 9.59 Å². The maximum absolute atomic E-state index is 12.4. The van der Waals surface area contributed by atoms with Crippen molar-refractivity contribution in [2.24, 2.45) is 0 Å². The van der Waals surface area contributed by atoms with Crippen molar-refractivity contribution in [3.8, 4) is 11.5 Å². The number of esters is 2. The second-order valence-electron chi connectivity index (χ2n) is 5.54. The van der Waals surface area contributed by atoms with Crippen molar-refractivity contribution in [2.45, 2.75) is 6.61 Å². The van der Waals surface area contributed by atoms with E-state index >= 15 is 0 Å². The Bertz CT molecular complexity index is 908. The van der Waals surface area contributed by atoms with E-state index in [2.05, 4.69) is 4.74 Å². The highest BCUT2D eigenvalue weighted by molar-refractivity contribution is 5.95.